The highest BCUT2D eigenvalue weighted by molar-refractivity contribution is 5.99. The van der Waals surface area contributed by atoms with Crippen molar-refractivity contribution in [2.75, 3.05) is 0 Å². The second kappa shape index (κ2) is 20.2. The first-order valence-corrected chi connectivity index (χ1v) is 23.2. The first-order chi connectivity index (χ1) is 35.6. The molecule has 14 nitrogen and oxygen atoms in total. The quantitative estimate of drug-likeness (QED) is 0.131. The zero-order valence-electron chi connectivity index (χ0n) is 40.1. The van der Waals surface area contributed by atoms with Gasteiger partial charge in [-0.05, 0) is 70.3 Å². The maximum atomic E-state index is 14.5. The third-order valence-corrected chi connectivity index (χ3v) is 12.9. The van der Waals surface area contributed by atoms with Gasteiger partial charge in [0.15, 0.2) is 0 Å². The molecule has 12 rings (SSSR count). The smallest absolute Gasteiger partial charge is 0.257 e. The first kappa shape index (κ1) is 48.5. The maximum absolute atomic E-state index is 14.5. The molecular weight excluding hydrogens is 958 g/mol. The number of carbonyl (C=O) groups excluding carboxylic acids is 3. The van der Waals surface area contributed by atoms with E-state index in [2.05, 4.69) is 25.3 Å². The molecule has 19 heteroatoms. The van der Waals surface area contributed by atoms with E-state index in [4.69, 9.17) is 0 Å². The molecule has 372 valence electrons. The van der Waals surface area contributed by atoms with Crippen LogP contribution in [0.4, 0.5) is 22.0 Å². The molecule has 0 atom stereocenters. The van der Waals surface area contributed by atoms with Crippen LogP contribution in [0.1, 0.15) is 64.6 Å². The van der Waals surface area contributed by atoms with Gasteiger partial charge in [0.2, 0.25) is 0 Å². The third-order valence-electron chi connectivity index (χ3n) is 12.9. The molecule has 8 heterocycles. The zero-order chi connectivity index (χ0) is 51.8. The Hall–Kier alpha value is -9.13. The van der Waals surface area contributed by atoms with E-state index in [9.17, 15) is 36.3 Å². The Kier molecular flexibility index (Phi) is 13.2. The summed E-state index contributed by atoms with van der Waals surface area (Å²) in [7, 11) is 5.41. The number of fused-ring (bicyclic) bond motifs is 3. The van der Waals surface area contributed by atoms with Crippen LogP contribution in [0.25, 0.3) is 33.4 Å². The van der Waals surface area contributed by atoms with Gasteiger partial charge < -0.3 is 14.7 Å². The van der Waals surface area contributed by atoms with Gasteiger partial charge in [0.1, 0.15) is 29.1 Å². The van der Waals surface area contributed by atoms with Crippen molar-refractivity contribution in [1.82, 2.24) is 54.0 Å². The van der Waals surface area contributed by atoms with E-state index in [0.717, 1.165) is 45.1 Å². The molecule has 3 aliphatic heterocycles. The van der Waals surface area contributed by atoms with Crippen LogP contribution in [-0.4, -0.2) is 71.7 Å². The Balaban J connectivity index is 0.000000127. The van der Waals surface area contributed by atoms with Crippen LogP contribution >= 0.6 is 0 Å². The third kappa shape index (κ3) is 10.0. The normalized spacial score (nSPS) is 13.4. The molecule has 0 bridgehead atoms. The SMILES string of the molecule is Cn1cc(-c2ccc(CN3Cc4cc(F)cc(F)c4C3=O)c(F)c2)cn1.Cn1cc(-c2ccc(CN3Cc4ccncc4C3=O)c(F)c2)cn1.Cn1cc(-c2ccc(CN3Cc4ncccc4C3=O)c(F)c2)cn1. The molecule has 0 saturated heterocycles. The fourth-order valence-corrected chi connectivity index (χ4v) is 9.09. The molecule has 74 heavy (non-hydrogen) atoms. The molecule has 3 aliphatic rings. The van der Waals surface area contributed by atoms with Crippen molar-refractivity contribution < 1.29 is 36.3 Å². The van der Waals surface area contributed by atoms with Crippen LogP contribution in [0, 0.1) is 29.1 Å². The summed E-state index contributed by atoms with van der Waals surface area (Å²) in [5.74, 6) is -3.51. The highest BCUT2D eigenvalue weighted by atomic mass is 19.1. The molecule has 0 aliphatic carbocycles. The lowest BCUT2D eigenvalue weighted by Crippen LogP contribution is -2.24. The summed E-state index contributed by atoms with van der Waals surface area (Å²) in [6, 6.07) is 22.0. The van der Waals surface area contributed by atoms with Gasteiger partial charge >= 0.3 is 0 Å². The van der Waals surface area contributed by atoms with Crippen LogP contribution in [0.5, 0.6) is 0 Å². The van der Waals surface area contributed by atoms with Crippen LogP contribution < -0.4 is 0 Å². The predicted molar refractivity (Wildman–Crippen MR) is 261 cm³/mol. The molecule has 0 fully saturated rings. The number of hydrogen-bond acceptors (Lipinski definition) is 8. The van der Waals surface area contributed by atoms with Gasteiger partial charge in [-0.1, -0.05) is 36.4 Å². The average Bonchev–Trinajstić information content (AvgIpc) is 4.26. The van der Waals surface area contributed by atoms with E-state index < -0.39 is 23.4 Å². The molecule has 4 aromatic carbocycles. The summed E-state index contributed by atoms with van der Waals surface area (Å²) in [4.78, 5) is 49.8. The lowest BCUT2D eigenvalue weighted by Gasteiger charge is -2.16. The number of rotatable bonds is 9. The van der Waals surface area contributed by atoms with Crippen LogP contribution in [0.3, 0.4) is 0 Å². The number of amides is 3. The van der Waals surface area contributed by atoms with E-state index >= 15 is 0 Å². The van der Waals surface area contributed by atoms with E-state index in [1.54, 1.807) is 111 Å². The Morgan fingerprint density at radius 3 is 1.39 bits per heavy atom. The Morgan fingerprint density at radius 1 is 0.459 bits per heavy atom. The van der Waals surface area contributed by atoms with E-state index in [1.807, 2.05) is 44.7 Å². The number of aryl methyl sites for hydroxylation is 3. The van der Waals surface area contributed by atoms with Crippen molar-refractivity contribution in [2.24, 2.45) is 21.1 Å². The first-order valence-electron chi connectivity index (χ1n) is 23.2. The standard InChI is InChI=1S/C19H14F3N3O.2C18H15FN4O/c1-24-8-14(7-23-24)11-2-3-12(16(21)5-11)9-25-10-13-4-15(20)6-17(22)18(13)19(25)26;1-22-9-15(7-21-22)12-2-3-14(17(19)6-12)11-23-10-13-4-5-20-8-16(13)18(23)24;1-22-9-14(8-21-22)12-4-5-13(16(19)7-12)10-23-11-17-15(18(23)24)3-2-6-20-17/h2-8H,9-10H2,1H3;2*2-9H,10-11H2,1H3. The molecule has 0 N–H and O–H groups in total. The summed E-state index contributed by atoms with van der Waals surface area (Å²) in [5.41, 5.74) is 9.01. The number of carbonyl (C=O) groups is 3. The minimum Gasteiger partial charge on any atom is -0.330 e. The number of halogens is 5. The van der Waals surface area contributed by atoms with Gasteiger partial charge in [0.05, 0.1) is 47.5 Å². The molecular formula is C55H44F5N11O3. The lowest BCUT2D eigenvalue weighted by atomic mass is 10.1. The molecule has 9 aromatic rings. The number of nitrogens with zero attached hydrogens (tertiary/aromatic N) is 11. The molecule has 0 radical (unpaired) electrons. The minimum absolute atomic E-state index is 0.0201. The Morgan fingerprint density at radius 2 is 0.932 bits per heavy atom. The second-order valence-electron chi connectivity index (χ2n) is 18.1. The van der Waals surface area contributed by atoms with Gasteiger partial charge in [-0.2, -0.15) is 15.3 Å². The maximum Gasteiger partial charge on any atom is 0.257 e. The van der Waals surface area contributed by atoms with Crippen LogP contribution in [-0.2, 0) is 60.4 Å². The topological polar surface area (TPSA) is 140 Å². The summed E-state index contributed by atoms with van der Waals surface area (Å²) in [6.45, 7) is 1.40. The van der Waals surface area contributed by atoms with Crippen molar-refractivity contribution >= 4 is 17.7 Å². The average molecular weight is 1000 g/mol. The van der Waals surface area contributed by atoms with Crippen LogP contribution in [0.15, 0.2) is 141 Å². The molecule has 0 saturated carbocycles. The number of pyridine rings is 2. The van der Waals surface area contributed by atoms with Crippen molar-refractivity contribution in [3.8, 4) is 33.4 Å². The predicted octanol–water partition coefficient (Wildman–Crippen LogP) is 9.21. The van der Waals surface area contributed by atoms with E-state index in [-0.39, 0.29) is 60.8 Å². The fraction of sp³-hybridized carbons (Fsp3) is 0.164. The van der Waals surface area contributed by atoms with Gasteiger partial charge in [0.25, 0.3) is 17.7 Å². The molecule has 3 amide bonds. The Labute approximate surface area is 420 Å². The number of hydrogen-bond donors (Lipinski definition) is 0. The van der Waals surface area contributed by atoms with E-state index in [1.165, 1.54) is 23.1 Å². The second-order valence-corrected chi connectivity index (χ2v) is 18.1. The van der Waals surface area contributed by atoms with Gasteiger partial charge in [-0.15, -0.1) is 0 Å². The summed E-state index contributed by atoms with van der Waals surface area (Å²) >= 11 is 0. The van der Waals surface area contributed by atoms with Crippen molar-refractivity contribution in [1.29, 1.82) is 0 Å². The lowest BCUT2D eigenvalue weighted by molar-refractivity contribution is 0.0755. The highest BCUT2D eigenvalue weighted by Gasteiger charge is 2.33. The van der Waals surface area contributed by atoms with Gasteiger partial charge in [-0.3, -0.25) is 38.4 Å². The summed E-state index contributed by atoms with van der Waals surface area (Å²) in [6.07, 6.45) is 15.4. The molecule has 5 aromatic heterocycles. The highest BCUT2D eigenvalue weighted by Crippen LogP contribution is 2.31. The van der Waals surface area contributed by atoms with Crippen molar-refractivity contribution in [3.05, 3.63) is 220 Å². The van der Waals surface area contributed by atoms with Crippen LogP contribution in [0.2, 0.25) is 0 Å². The van der Waals surface area contributed by atoms with Gasteiger partial charge in [-0.25, -0.2) is 22.0 Å². The van der Waals surface area contributed by atoms with E-state index in [0.29, 0.717) is 52.5 Å². The Bertz CT molecular complexity index is 3490. The fourth-order valence-electron chi connectivity index (χ4n) is 9.09. The molecule has 0 spiro atoms. The summed E-state index contributed by atoms with van der Waals surface area (Å²) < 4.78 is 75.6. The van der Waals surface area contributed by atoms with Crippen molar-refractivity contribution in [3.63, 3.8) is 0 Å². The number of benzene rings is 4. The number of aromatic nitrogens is 8. The minimum atomic E-state index is -0.889. The monoisotopic (exact) mass is 1000 g/mol. The molecule has 0 unspecified atom stereocenters. The van der Waals surface area contributed by atoms with Crippen molar-refractivity contribution in [2.45, 2.75) is 39.3 Å². The summed E-state index contributed by atoms with van der Waals surface area (Å²) in [5, 5.41) is 12.2. The van der Waals surface area contributed by atoms with Gasteiger partial charge in [0, 0.05) is 130 Å². The largest absolute Gasteiger partial charge is 0.330 e. The zero-order valence-corrected chi connectivity index (χ0v) is 40.1.